The lowest BCUT2D eigenvalue weighted by Gasteiger charge is -2.12. The molecule has 134 valence electrons. The second-order valence-corrected chi connectivity index (χ2v) is 5.01. The van der Waals surface area contributed by atoms with Gasteiger partial charge in [-0.05, 0) is 32.4 Å². The Kier molecular flexibility index (Phi) is 10.0. The van der Waals surface area contributed by atoms with Crippen molar-refractivity contribution >= 4 is 11.9 Å². The largest absolute Gasteiger partial charge is 0.507 e. The molecule has 1 rings (SSSR count). The molecule has 0 fully saturated rings. The fraction of sp³-hybridized carbons (Fsp3) is 0.529. The zero-order valence-electron chi connectivity index (χ0n) is 14.5. The van der Waals surface area contributed by atoms with Crippen molar-refractivity contribution in [3.05, 3.63) is 29.8 Å². The van der Waals surface area contributed by atoms with Gasteiger partial charge >= 0.3 is 0 Å². The summed E-state index contributed by atoms with van der Waals surface area (Å²) < 4.78 is 5.27. The zero-order chi connectivity index (χ0) is 17.6. The minimum Gasteiger partial charge on any atom is -0.507 e. The zero-order valence-corrected chi connectivity index (χ0v) is 14.5. The van der Waals surface area contributed by atoms with Gasteiger partial charge in [0.05, 0.1) is 5.56 Å². The Morgan fingerprint density at radius 2 is 1.92 bits per heavy atom. The molecule has 4 N–H and O–H groups in total. The van der Waals surface area contributed by atoms with Crippen LogP contribution in [0, 0.1) is 0 Å². The van der Waals surface area contributed by atoms with Gasteiger partial charge in [0.15, 0.2) is 5.96 Å². The summed E-state index contributed by atoms with van der Waals surface area (Å²) in [7, 11) is 0. The Morgan fingerprint density at radius 3 is 2.62 bits per heavy atom. The van der Waals surface area contributed by atoms with E-state index in [1.165, 1.54) is 6.07 Å². The SMILES string of the molecule is CCNC(=NCCCOCC)NCCNC(=O)c1ccccc1O. The van der Waals surface area contributed by atoms with Crippen LogP contribution in [-0.4, -0.2) is 56.4 Å². The van der Waals surface area contributed by atoms with Crippen LogP contribution in [0.5, 0.6) is 5.75 Å². The molecule has 0 saturated heterocycles. The number of hydrogen-bond donors (Lipinski definition) is 4. The van der Waals surface area contributed by atoms with Gasteiger partial charge in [0, 0.05) is 39.4 Å². The molecule has 0 aliphatic heterocycles. The first-order valence-electron chi connectivity index (χ1n) is 8.35. The number of aromatic hydroxyl groups is 1. The van der Waals surface area contributed by atoms with E-state index < -0.39 is 0 Å². The summed E-state index contributed by atoms with van der Waals surface area (Å²) in [5, 5.41) is 18.7. The number of para-hydroxylation sites is 1. The number of carbonyl (C=O) groups excluding carboxylic acids is 1. The van der Waals surface area contributed by atoms with Crippen LogP contribution >= 0.6 is 0 Å². The molecule has 1 aromatic rings. The number of amides is 1. The van der Waals surface area contributed by atoms with Crippen molar-refractivity contribution in [2.75, 3.05) is 39.4 Å². The summed E-state index contributed by atoms with van der Waals surface area (Å²) in [4.78, 5) is 16.4. The molecule has 7 heteroatoms. The van der Waals surface area contributed by atoms with Crippen LogP contribution in [0.4, 0.5) is 0 Å². The van der Waals surface area contributed by atoms with Crippen LogP contribution in [0.15, 0.2) is 29.3 Å². The molecule has 0 radical (unpaired) electrons. The maximum absolute atomic E-state index is 11.9. The van der Waals surface area contributed by atoms with Crippen LogP contribution in [0.2, 0.25) is 0 Å². The molecular weight excluding hydrogens is 308 g/mol. The highest BCUT2D eigenvalue weighted by Crippen LogP contribution is 2.14. The minimum atomic E-state index is -0.298. The number of phenolic OH excluding ortho intramolecular Hbond substituents is 1. The second kappa shape index (κ2) is 12.2. The third-order valence-corrected chi connectivity index (χ3v) is 3.12. The highest BCUT2D eigenvalue weighted by atomic mass is 16.5. The third-order valence-electron chi connectivity index (χ3n) is 3.12. The topological polar surface area (TPSA) is 95.0 Å². The second-order valence-electron chi connectivity index (χ2n) is 5.01. The van der Waals surface area contributed by atoms with Gasteiger partial charge < -0.3 is 25.8 Å². The maximum atomic E-state index is 11.9. The molecule has 0 unspecified atom stereocenters. The van der Waals surface area contributed by atoms with Gasteiger partial charge in [-0.1, -0.05) is 12.1 Å². The number of rotatable bonds is 10. The van der Waals surface area contributed by atoms with Gasteiger partial charge in [0.25, 0.3) is 5.91 Å². The smallest absolute Gasteiger partial charge is 0.255 e. The monoisotopic (exact) mass is 336 g/mol. The van der Waals surface area contributed by atoms with Gasteiger partial charge in [-0.25, -0.2) is 0 Å². The molecule has 1 amide bonds. The molecule has 0 aliphatic carbocycles. The molecular formula is C17H28N4O3. The van der Waals surface area contributed by atoms with Crippen molar-refractivity contribution < 1.29 is 14.6 Å². The van der Waals surface area contributed by atoms with Gasteiger partial charge in [-0.2, -0.15) is 0 Å². The number of nitrogens with one attached hydrogen (secondary N) is 3. The van der Waals surface area contributed by atoms with E-state index >= 15 is 0 Å². The number of benzene rings is 1. The minimum absolute atomic E-state index is 0.0211. The summed E-state index contributed by atoms with van der Waals surface area (Å²) in [6.45, 7) is 7.80. The average Bonchev–Trinajstić information content (AvgIpc) is 2.58. The lowest BCUT2D eigenvalue weighted by Crippen LogP contribution is -2.41. The summed E-state index contributed by atoms with van der Waals surface area (Å²) >= 11 is 0. The van der Waals surface area contributed by atoms with Gasteiger partial charge in [0.1, 0.15) is 5.75 Å². The van der Waals surface area contributed by atoms with E-state index in [2.05, 4.69) is 20.9 Å². The molecule has 0 bridgehead atoms. The van der Waals surface area contributed by atoms with Crippen molar-refractivity contribution in [3.8, 4) is 5.75 Å². The Bertz CT molecular complexity index is 520. The summed E-state index contributed by atoms with van der Waals surface area (Å²) in [6, 6.07) is 6.47. The van der Waals surface area contributed by atoms with Crippen molar-refractivity contribution in [1.82, 2.24) is 16.0 Å². The van der Waals surface area contributed by atoms with Gasteiger partial charge in [0.2, 0.25) is 0 Å². The fourth-order valence-corrected chi connectivity index (χ4v) is 1.96. The van der Waals surface area contributed by atoms with E-state index in [-0.39, 0.29) is 17.2 Å². The number of ether oxygens (including phenoxy) is 1. The van der Waals surface area contributed by atoms with Crippen LogP contribution in [0.25, 0.3) is 0 Å². The predicted octanol–water partition coefficient (Wildman–Crippen LogP) is 1.10. The number of guanidine groups is 1. The number of phenols is 1. The van der Waals surface area contributed by atoms with Crippen molar-refractivity contribution in [2.24, 2.45) is 4.99 Å². The molecule has 7 nitrogen and oxygen atoms in total. The van der Waals surface area contributed by atoms with Crippen LogP contribution in [0.1, 0.15) is 30.6 Å². The molecule has 24 heavy (non-hydrogen) atoms. The van der Waals surface area contributed by atoms with Crippen LogP contribution < -0.4 is 16.0 Å². The molecule has 0 aliphatic rings. The predicted molar refractivity (Wildman–Crippen MR) is 95.5 cm³/mol. The maximum Gasteiger partial charge on any atom is 0.255 e. The first-order chi connectivity index (χ1) is 11.7. The molecule has 0 spiro atoms. The number of hydrogen-bond acceptors (Lipinski definition) is 4. The molecule has 0 saturated carbocycles. The quantitative estimate of drug-likeness (QED) is 0.292. The molecule has 0 heterocycles. The van der Waals surface area contributed by atoms with E-state index in [1.807, 2.05) is 13.8 Å². The van der Waals surface area contributed by atoms with E-state index in [0.717, 1.165) is 19.6 Å². The summed E-state index contributed by atoms with van der Waals surface area (Å²) in [5.41, 5.74) is 0.272. The highest BCUT2D eigenvalue weighted by molar-refractivity contribution is 5.96. The van der Waals surface area contributed by atoms with E-state index in [4.69, 9.17) is 4.74 Å². The Balaban J connectivity index is 2.30. The van der Waals surface area contributed by atoms with Crippen molar-refractivity contribution in [2.45, 2.75) is 20.3 Å². The first-order valence-corrected chi connectivity index (χ1v) is 8.35. The van der Waals surface area contributed by atoms with Crippen molar-refractivity contribution in [1.29, 1.82) is 0 Å². The normalized spacial score (nSPS) is 11.2. The third kappa shape index (κ3) is 7.82. The Labute approximate surface area is 143 Å². The summed E-state index contributed by atoms with van der Waals surface area (Å²) in [5.74, 6) is 0.395. The Hall–Kier alpha value is -2.28. The van der Waals surface area contributed by atoms with E-state index in [9.17, 15) is 9.90 Å². The van der Waals surface area contributed by atoms with E-state index in [0.29, 0.717) is 32.2 Å². The number of nitrogens with zero attached hydrogens (tertiary/aromatic N) is 1. The Morgan fingerprint density at radius 1 is 1.17 bits per heavy atom. The molecule has 0 atom stereocenters. The van der Waals surface area contributed by atoms with Gasteiger partial charge in [-0.15, -0.1) is 0 Å². The molecule has 1 aromatic carbocycles. The van der Waals surface area contributed by atoms with Crippen molar-refractivity contribution in [3.63, 3.8) is 0 Å². The van der Waals surface area contributed by atoms with Crippen LogP contribution in [-0.2, 0) is 4.74 Å². The molecule has 0 aromatic heterocycles. The fourth-order valence-electron chi connectivity index (χ4n) is 1.96. The van der Waals surface area contributed by atoms with E-state index in [1.54, 1.807) is 18.2 Å². The number of carbonyl (C=O) groups is 1. The number of aliphatic imine (C=N–C) groups is 1. The average molecular weight is 336 g/mol. The summed E-state index contributed by atoms with van der Waals surface area (Å²) in [6.07, 6.45) is 0.869. The standard InChI is InChI=1S/C17H28N4O3/c1-3-18-17(20-10-7-13-24-4-2)21-12-11-19-16(23)14-8-5-6-9-15(14)22/h5-6,8-9,22H,3-4,7,10-13H2,1-2H3,(H,19,23)(H2,18,20,21). The van der Waals surface area contributed by atoms with Crippen LogP contribution in [0.3, 0.4) is 0 Å². The van der Waals surface area contributed by atoms with Gasteiger partial charge in [-0.3, -0.25) is 9.79 Å². The highest BCUT2D eigenvalue weighted by Gasteiger charge is 2.08. The lowest BCUT2D eigenvalue weighted by atomic mass is 10.2. The lowest BCUT2D eigenvalue weighted by molar-refractivity contribution is 0.0951. The first kappa shape index (κ1) is 19.8.